The Kier molecular flexibility index (Phi) is 3.69. The molecule has 3 heteroatoms. The molecule has 0 spiro atoms. The minimum atomic E-state index is -0.776. The molecule has 1 aliphatic carbocycles. The van der Waals surface area contributed by atoms with Gasteiger partial charge in [0.15, 0.2) is 0 Å². The molecule has 98 valence electrons. The van der Waals surface area contributed by atoms with Gasteiger partial charge < -0.3 is 5.11 Å². The number of rotatable bonds is 4. The predicted octanol–water partition coefficient (Wildman–Crippen LogP) is 3.65. The number of halogens is 1. The van der Waals surface area contributed by atoms with Crippen molar-refractivity contribution in [1.29, 1.82) is 0 Å². The maximum absolute atomic E-state index is 13.7. The number of hydrogen-bond acceptors (Lipinski definition) is 1. The van der Waals surface area contributed by atoms with E-state index in [2.05, 4.69) is 6.92 Å². The van der Waals surface area contributed by atoms with Gasteiger partial charge in [-0.1, -0.05) is 31.5 Å². The van der Waals surface area contributed by atoms with Crippen molar-refractivity contribution in [3.05, 3.63) is 35.6 Å². The molecule has 0 aromatic heterocycles. The second-order valence-electron chi connectivity index (χ2n) is 5.37. The average Bonchev–Trinajstić information content (AvgIpc) is 2.77. The first-order valence-corrected chi connectivity index (χ1v) is 6.54. The van der Waals surface area contributed by atoms with Gasteiger partial charge in [0.2, 0.25) is 0 Å². The number of benzene rings is 1. The zero-order chi connectivity index (χ0) is 13.2. The van der Waals surface area contributed by atoms with Crippen molar-refractivity contribution < 1.29 is 14.3 Å². The van der Waals surface area contributed by atoms with Gasteiger partial charge in [-0.15, -0.1) is 0 Å². The molecule has 2 rings (SSSR count). The van der Waals surface area contributed by atoms with Crippen LogP contribution in [0.5, 0.6) is 0 Å². The molecule has 0 heterocycles. The maximum atomic E-state index is 13.7. The molecular weight excluding hydrogens is 231 g/mol. The molecule has 1 aromatic carbocycles. The van der Waals surface area contributed by atoms with Crippen molar-refractivity contribution in [3.63, 3.8) is 0 Å². The normalized spacial score (nSPS) is 27.3. The molecule has 0 amide bonds. The summed E-state index contributed by atoms with van der Waals surface area (Å²) in [6.07, 6.45) is 3.59. The Bertz CT molecular complexity index is 444. The van der Waals surface area contributed by atoms with E-state index in [1.807, 2.05) is 0 Å². The Morgan fingerprint density at radius 1 is 1.50 bits per heavy atom. The molecule has 2 atom stereocenters. The lowest BCUT2D eigenvalue weighted by molar-refractivity contribution is -0.148. The number of aliphatic carboxylic acids is 1. The second-order valence-corrected chi connectivity index (χ2v) is 5.37. The van der Waals surface area contributed by atoms with Crippen LogP contribution >= 0.6 is 0 Å². The van der Waals surface area contributed by atoms with Crippen LogP contribution in [0.4, 0.5) is 4.39 Å². The summed E-state index contributed by atoms with van der Waals surface area (Å²) in [6, 6.07) is 6.49. The van der Waals surface area contributed by atoms with Crippen LogP contribution in [0.2, 0.25) is 0 Å². The third-order valence-corrected chi connectivity index (χ3v) is 4.23. The van der Waals surface area contributed by atoms with E-state index in [1.54, 1.807) is 18.2 Å². The highest BCUT2D eigenvalue weighted by molar-refractivity contribution is 5.75. The largest absolute Gasteiger partial charge is 0.481 e. The summed E-state index contributed by atoms with van der Waals surface area (Å²) in [4.78, 5) is 11.6. The fourth-order valence-electron chi connectivity index (χ4n) is 3.02. The van der Waals surface area contributed by atoms with E-state index in [4.69, 9.17) is 0 Å². The summed E-state index contributed by atoms with van der Waals surface area (Å²) in [5.74, 6) is -0.604. The van der Waals surface area contributed by atoms with Crippen molar-refractivity contribution in [1.82, 2.24) is 0 Å². The van der Waals surface area contributed by atoms with Crippen LogP contribution in [0.15, 0.2) is 24.3 Å². The molecule has 18 heavy (non-hydrogen) atoms. The van der Waals surface area contributed by atoms with Gasteiger partial charge >= 0.3 is 5.97 Å². The molecule has 0 radical (unpaired) electrons. The average molecular weight is 250 g/mol. The highest BCUT2D eigenvalue weighted by Crippen LogP contribution is 2.45. The smallest absolute Gasteiger partial charge is 0.309 e. The summed E-state index contributed by atoms with van der Waals surface area (Å²) in [7, 11) is 0. The molecule has 1 fully saturated rings. The summed E-state index contributed by atoms with van der Waals surface area (Å²) in [6.45, 7) is 2.09. The van der Waals surface area contributed by atoms with Crippen molar-refractivity contribution in [2.45, 2.75) is 39.0 Å². The maximum Gasteiger partial charge on any atom is 0.309 e. The van der Waals surface area contributed by atoms with Gasteiger partial charge in [-0.25, -0.2) is 4.39 Å². The first kappa shape index (κ1) is 13.1. The molecule has 0 saturated heterocycles. The standard InChI is InChI=1S/C15H19FO2/c1-2-11-7-8-15(9-11,14(17)18)10-12-5-3-4-6-13(12)16/h3-6,11H,2,7-10H2,1H3,(H,17,18). The van der Waals surface area contributed by atoms with Crippen molar-refractivity contribution in [2.75, 3.05) is 0 Å². The van der Waals surface area contributed by atoms with Crippen molar-refractivity contribution >= 4 is 5.97 Å². The van der Waals surface area contributed by atoms with E-state index >= 15 is 0 Å². The van der Waals surface area contributed by atoms with E-state index in [-0.39, 0.29) is 5.82 Å². The molecule has 2 unspecified atom stereocenters. The van der Waals surface area contributed by atoms with Crippen LogP contribution in [-0.2, 0) is 11.2 Å². The topological polar surface area (TPSA) is 37.3 Å². The molecule has 0 aliphatic heterocycles. The van der Waals surface area contributed by atoms with E-state index in [9.17, 15) is 14.3 Å². The minimum Gasteiger partial charge on any atom is -0.481 e. The molecular formula is C15H19FO2. The molecule has 1 saturated carbocycles. The Balaban J connectivity index is 2.23. The van der Waals surface area contributed by atoms with E-state index in [1.165, 1.54) is 6.07 Å². The second kappa shape index (κ2) is 5.09. The number of hydrogen-bond donors (Lipinski definition) is 1. The lowest BCUT2D eigenvalue weighted by Crippen LogP contribution is -2.31. The van der Waals surface area contributed by atoms with E-state index < -0.39 is 11.4 Å². The molecule has 1 aromatic rings. The highest BCUT2D eigenvalue weighted by atomic mass is 19.1. The first-order valence-electron chi connectivity index (χ1n) is 6.54. The van der Waals surface area contributed by atoms with Gasteiger partial charge in [-0.3, -0.25) is 4.79 Å². The minimum absolute atomic E-state index is 0.293. The third-order valence-electron chi connectivity index (χ3n) is 4.23. The van der Waals surface area contributed by atoms with E-state index in [0.29, 0.717) is 30.7 Å². The van der Waals surface area contributed by atoms with Gasteiger partial charge in [0, 0.05) is 0 Å². The number of carbonyl (C=O) groups is 1. The summed E-state index contributed by atoms with van der Waals surface area (Å²) in [5.41, 5.74) is -0.236. The van der Waals surface area contributed by atoms with Gasteiger partial charge in [0.05, 0.1) is 5.41 Å². The highest BCUT2D eigenvalue weighted by Gasteiger charge is 2.45. The van der Waals surface area contributed by atoms with Crippen molar-refractivity contribution in [3.8, 4) is 0 Å². The zero-order valence-electron chi connectivity index (χ0n) is 10.7. The van der Waals surface area contributed by atoms with Crippen LogP contribution in [0, 0.1) is 17.2 Å². The molecule has 1 N–H and O–H groups in total. The summed E-state index contributed by atoms with van der Waals surface area (Å²) in [5, 5.41) is 9.51. The Hall–Kier alpha value is -1.38. The Labute approximate surface area is 107 Å². The van der Waals surface area contributed by atoms with E-state index in [0.717, 1.165) is 12.8 Å². The number of carboxylic acids is 1. The lowest BCUT2D eigenvalue weighted by Gasteiger charge is -2.24. The fraction of sp³-hybridized carbons (Fsp3) is 0.533. The zero-order valence-corrected chi connectivity index (χ0v) is 10.7. The van der Waals surface area contributed by atoms with Crippen LogP contribution in [-0.4, -0.2) is 11.1 Å². The Morgan fingerprint density at radius 2 is 2.22 bits per heavy atom. The van der Waals surface area contributed by atoms with Gasteiger partial charge in [-0.2, -0.15) is 0 Å². The quantitative estimate of drug-likeness (QED) is 0.885. The fourth-order valence-corrected chi connectivity index (χ4v) is 3.02. The van der Waals surface area contributed by atoms with Crippen LogP contribution in [0.25, 0.3) is 0 Å². The van der Waals surface area contributed by atoms with Crippen molar-refractivity contribution in [2.24, 2.45) is 11.3 Å². The van der Waals surface area contributed by atoms with Gasteiger partial charge in [0.25, 0.3) is 0 Å². The van der Waals surface area contributed by atoms with Crippen LogP contribution in [0.1, 0.15) is 38.2 Å². The van der Waals surface area contributed by atoms with Gasteiger partial charge in [0.1, 0.15) is 5.82 Å². The van der Waals surface area contributed by atoms with Gasteiger partial charge in [-0.05, 0) is 43.2 Å². The monoisotopic (exact) mass is 250 g/mol. The van der Waals surface area contributed by atoms with Crippen LogP contribution < -0.4 is 0 Å². The summed E-state index contributed by atoms with van der Waals surface area (Å²) < 4.78 is 13.7. The third kappa shape index (κ3) is 2.40. The summed E-state index contributed by atoms with van der Waals surface area (Å²) >= 11 is 0. The SMILES string of the molecule is CCC1CCC(Cc2ccccc2F)(C(=O)O)C1. The number of carboxylic acid groups (broad SMARTS) is 1. The molecule has 0 bridgehead atoms. The molecule has 2 nitrogen and oxygen atoms in total. The Morgan fingerprint density at radius 3 is 2.78 bits per heavy atom. The lowest BCUT2D eigenvalue weighted by atomic mass is 9.79. The van der Waals surface area contributed by atoms with Crippen LogP contribution in [0.3, 0.4) is 0 Å². The predicted molar refractivity (Wildman–Crippen MR) is 67.8 cm³/mol. The molecule has 1 aliphatic rings. The first-order chi connectivity index (χ1) is 8.57.